The fourth-order valence-corrected chi connectivity index (χ4v) is 3.17. The molecule has 3 heteroatoms. The van der Waals surface area contributed by atoms with Crippen LogP contribution in [0.5, 0.6) is 0 Å². The maximum absolute atomic E-state index is 5.89. The lowest BCUT2D eigenvalue weighted by atomic mass is 10.1. The maximum atomic E-state index is 5.89. The molecule has 3 nitrogen and oxygen atoms in total. The minimum atomic E-state index is 0.489. The van der Waals surface area contributed by atoms with Crippen molar-refractivity contribution >= 4 is 0 Å². The third kappa shape index (κ3) is 3.60. The second-order valence-electron chi connectivity index (χ2n) is 6.50. The first-order valence-corrected chi connectivity index (χ1v) is 7.88. The van der Waals surface area contributed by atoms with Gasteiger partial charge in [0.2, 0.25) is 0 Å². The van der Waals surface area contributed by atoms with E-state index in [4.69, 9.17) is 4.74 Å². The van der Waals surface area contributed by atoms with E-state index in [0.29, 0.717) is 18.2 Å². The fourth-order valence-electron chi connectivity index (χ4n) is 3.17. The number of morpholine rings is 1. The zero-order chi connectivity index (χ0) is 13.9. The molecule has 2 aliphatic rings. The second-order valence-corrected chi connectivity index (χ2v) is 6.50. The number of hydrogen-bond donors (Lipinski definition) is 1. The minimum Gasteiger partial charge on any atom is -0.372 e. The van der Waals surface area contributed by atoms with Crippen molar-refractivity contribution in [2.24, 2.45) is 0 Å². The largest absolute Gasteiger partial charge is 0.372 e. The van der Waals surface area contributed by atoms with Crippen molar-refractivity contribution in [2.75, 3.05) is 13.1 Å². The summed E-state index contributed by atoms with van der Waals surface area (Å²) in [4.78, 5) is 2.55. The van der Waals surface area contributed by atoms with Crippen LogP contribution >= 0.6 is 0 Å². The Kier molecular flexibility index (Phi) is 4.39. The SMILES string of the molecule is CC(C)NCc1ccc(CN2CC3CCC(C2)O3)cc1. The second kappa shape index (κ2) is 6.25. The standard InChI is InChI=1S/C17H26N2O/c1-13(2)18-9-14-3-5-15(6-4-14)10-19-11-16-7-8-17(12-19)20-16/h3-6,13,16-18H,7-12H2,1-2H3. The van der Waals surface area contributed by atoms with E-state index in [1.807, 2.05) is 0 Å². The Balaban J connectivity index is 1.53. The van der Waals surface area contributed by atoms with E-state index in [2.05, 4.69) is 48.3 Å². The van der Waals surface area contributed by atoms with Gasteiger partial charge in [-0.1, -0.05) is 38.1 Å². The Bertz CT molecular complexity index is 417. The number of benzene rings is 1. The molecule has 1 N–H and O–H groups in total. The molecule has 0 saturated carbocycles. The first-order chi connectivity index (χ1) is 9.69. The number of nitrogens with one attached hydrogen (secondary N) is 1. The fraction of sp³-hybridized carbons (Fsp3) is 0.647. The molecule has 0 amide bonds. The third-order valence-corrected chi connectivity index (χ3v) is 4.26. The summed E-state index contributed by atoms with van der Waals surface area (Å²) < 4.78 is 5.89. The van der Waals surface area contributed by atoms with E-state index in [-0.39, 0.29) is 0 Å². The molecule has 0 aliphatic carbocycles. The van der Waals surface area contributed by atoms with Gasteiger partial charge >= 0.3 is 0 Å². The molecule has 0 spiro atoms. The van der Waals surface area contributed by atoms with Crippen LogP contribution in [0.15, 0.2) is 24.3 Å². The topological polar surface area (TPSA) is 24.5 Å². The van der Waals surface area contributed by atoms with Gasteiger partial charge in [-0.25, -0.2) is 0 Å². The molecule has 0 aromatic heterocycles. The first kappa shape index (κ1) is 14.1. The molecule has 3 rings (SSSR count). The highest BCUT2D eigenvalue weighted by Crippen LogP contribution is 2.27. The van der Waals surface area contributed by atoms with Gasteiger partial charge in [0.25, 0.3) is 0 Å². The van der Waals surface area contributed by atoms with Crippen LogP contribution < -0.4 is 5.32 Å². The van der Waals surface area contributed by atoms with Gasteiger partial charge in [0.15, 0.2) is 0 Å². The van der Waals surface area contributed by atoms with Crippen LogP contribution in [-0.2, 0) is 17.8 Å². The molecule has 1 aromatic rings. The quantitative estimate of drug-likeness (QED) is 0.893. The molecule has 2 bridgehead atoms. The van der Waals surface area contributed by atoms with E-state index in [0.717, 1.165) is 26.2 Å². The molecular formula is C17H26N2O. The van der Waals surface area contributed by atoms with Crippen LogP contribution in [0, 0.1) is 0 Å². The van der Waals surface area contributed by atoms with E-state index in [1.54, 1.807) is 0 Å². The van der Waals surface area contributed by atoms with Gasteiger partial charge in [0.1, 0.15) is 0 Å². The molecule has 2 heterocycles. The van der Waals surface area contributed by atoms with Gasteiger partial charge in [0, 0.05) is 32.2 Å². The highest BCUT2D eigenvalue weighted by atomic mass is 16.5. The Morgan fingerprint density at radius 1 is 1.10 bits per heavy atom. The highest BCUT2D eigenvalue weighted by molar-refractivity contribution is 5.22. The van der Waals surface area contributed by atoms with Crippen molar-refractivity contribution in [3.8, 4) is 0 Å². The van der Waals surface area contributed by atoms with Crippen LogP contribution in [0.3, 0.4) is 0 Å². The summed E-state index contributed by atoms with van der Waals surface area (Å²) in [7, 11) is 0. The van der Waals surface area contributed by atoms with Crippen molar-refractivity contribution in [3.63, 3.8) is 0 Å². The van der Waals surface area contributed by atoms with Crippen molar-refractivity contribution in [2.45, 2.75) is 58.0 Å². The molecule has 110 valence electrons. The smallest absolute Gasteiger partial charge is 0.0707 e. The summed E-state index contributed by atoms with van der Waals surface area (Å²) in [6.45, 7) is 8.59. The van der Waals surface area contributed by atoms with Crippen LogP contribution in [0.4, 0.5) is 0 Å². The lowest BCUT2D eigenvalue weighted by Crippen LogP contribution is -2.41. The Morgan fingerprint density at radius 3 is 2.30 bits per heavy atom. The third-order valence-electron chi connectivity index (χ3n) is 4.26. The predicted molar refractivity (Wildman–Crippen MR) is 81.6 cm³/mol. The number of fused-ring (bicyclic) bond motifs is 2. The molecular weight excluding hydrogens is 248 g/mol. The predicted octanol–water partition coefficient (Wildman–Crippen LogP) is 2.55. The molecule has 20 heavy (non-hydrogen) atoms. The normalized spacial score (nSPS) is 26.4. The summed E-state index contributed by atoms with van der Waals surface area (Å²) in [5, 5.41) is 3.46. The van der Waals surface area contributed by atoms with E-state index < -0.39 is 0 Å². The molecule has 0 radical (unpaired) electrons. The van der Waals surface area contributed by atoms with Gasteiger partial charge in [-0.3, -0.25) is 4.90 Å². The molecule has 2 aliphatic heterocycles. The zero-order valence-corrected chi connectivity index (χ0v) is 12.6. The summed E-state index contributed by atoms with van der Waals surface area (Å²) in [5.74, 6) is 0. The lowest BCUT2D eigenvalue weighted by Gasteiger charge is -2.32. The molecule has 2 fully saturated rings. The molecule has 2 unspecified atom stereocenters. The van der Waals surface area contributed by atoms with Gasteiger partial charge in [0.05, 0.1) is 12.2 Å². The number of likely N-dealkylation sites (tertiary alicyclic amines) is 1. The van der Waals surface area contributed by atoms with E-state index >= 15 is 0 Å². The number of nitrogens with zero attached hydrogens (tertiary/aromatic N) is 1. The summed E-state index contributed by atoms with van der Waals surface area (Å²) in [6, 6.07) is 9.58. The Labute approximate surface area is 122 Å². The molecule has 2 atom stereocenters. The van der Waals surface area contributed by atoms with Crippen molar-refractivity contribution in [1.82, 2.24) is 10.2 Å². The molecule has 1 aromatic carbocycles. The monoisotopic (exact) mass is 274 g/mol. The van der Waals surface area contributed by atoms with E-state index in [9.17, 15) is 0 Å². The number of rotatable bonds is 5. The van der Waals surface area contributed by atoms with Gasteiger partial charge < -0.3 is 10.1 Å². The number of hydrogen-bond acceptors (Lipinski definition) is 3. The van der Waals surface area contributed by atoms with Gasteiger partial charge in [-0.2, -0.15) is 0 Å². The lowest BCUT2D eigenvalue weighted by molar-refractivity contribution is -0.0410. The summed E-state index contributed by atoms with van der Waals surface area (Å²) >= 11 is 0. The van der Waals surface area contributed by atoms with Crippen molar-refractivity contribution in [3.05, 3.63) is 35.4 Å². The molecule has 2 saturated heterocycles. The van der Waals surface area contributed by atoms with Crippen LogP contribution in [0.25, 0.3) is 0 Å². The van der Waals surface area contributed by atoms with Crippen LogP contribution in [0.1, 0.15) is 37.8 Å². The summed E-state index contributed by atoms with van der Waals surface area (Å²) in [6.07, 6.45) is 3.48. The van der Waals surface area contributed by atoms with Gasteiger partial charge in [-0.05, 0) is 24.0 Å². The highest BCUT2D eigenvalue weighted by Gasteiger charge is 2.33. The zero-order valence-electron chi connectivity index (χ0n) is 12.6. The van der Waals surface area contributed by atoms with Crippen LogP contribution in [0.2, 0.25) is 0 Å². The minimum absolute atomic E-state index is 0.489. The van der Waals surface area contributed by atoms with Gasteiger partial charge in [-0.15, -0.1) is 0 Å². The first-order valence-electron chi connectivity index (χ1n) is 7.88. The summed E-state index contributed by atoms with van der Waals surface area (Å²) in [5.41, 5.74) is 2.78. The van der Waals surface area contributed by atoms with Crippen LogP contribution in [-0.4, -0.2) is 36.2 Å². The maximum Gasteiger partial charge on any atom is 0.0707 e. The Morgan fingerprint density at radius 2 is 1.70 bits per heavy atom. The van der Waals surface area contributed by atoms with Crippen molar-refractivity contribution < 1.29 is 4.74 Å². The average Bonchev–Trinajstić information content (AvgIpc) is 2.77. The van der Waals surface area contributed by atoms with Crippen molar-refractivity contribution in [1.29, 1.82) is 0 Å². The number of ether oxygens (including phenoxy) is 1. The average molecular weight is 274 g/mol. The Hall–Kier alpha value is -0.900. The van der Waals surface area contributed by atoms with E-state index in [1.165, 1.54) is 24.0 Å².